The summed E-state index contributed by atoms with van der Waals surface area (Å²) in [5.74, 6) is -0.770. The van der Waals surface area contributed by atoms with Crippen molar-refractivity contribution in [2.45, 2.75) is 20.4 Å². The Morgan fingerprint density at radius 2 is 2.10 bits per heavy atom. The van der Waals surface area contributed by atoms with Crippen LogP contribution in [0.1, 0.15) is 21.7 Å². The lowest BCUT2D eigenvalue weighted by molar-refractivity contribution is -0.122. The molecule has 0 saturated heterocycles. The molecule has 0 bridgehead atoms. The Morgan fingerprint density at radius 1 is 1.30 bits per heavy atom. The molecule has 0 aliphatic carbocycles. The summed E-state index contributed by atoms with van der Waals surface area (Å²) in [5.41, 5.74) is 6.77. The molecule has 7 nitrogen and oxygen atoms in total. The van der Waals surface area contributed by atoms with E-state index in [1.807, 2.05) is 19.9 Å². The lowest BCUT2D eigenvalue weighted by Crippen LogP contribution is -2.43. The van der Waals surface area contributed by atoms with Crippen molar-refractivity contribution < 1.29 is 9.59 Å². The highest BCUT2D eigenvalue weighted by atomic mass is 16.2. The summed E-state index contributed by atoms with van der Waals surface area (Å²) in [6.07, 6.45) is 2.99. The number of pyridine rings is 1. The Hall–Kier alpha value is -2.70. The smallest absolute Gasteiger partial charge is 0.271 e. The number of nitrogens with one attached hydrogen (secondary N) is 2. The zero-order valence-electron chi connectivity index (χ0n) is 11.3. The topological polar surface area (TPSA) is 88.9 Å². The summed E-state index contributed by atoms with van der Waals surface area (Å²) < 4.78 is 1.57. The zero-order valence-corrected chi connectivity index (χ0v) is 11.3. The summed E-state index contributed by atoms with van der Waals surface area (Å²) in [6.45, 7) is 3.76. The monoisotopic (exact) mass is 273 g/mol. The quantitative estimate of drug-likeness (QED) is 0.790. The predicted molar refractivity (Wildman–Crippen MR) is 71.5 cm³/mol. The third kappa shape index (κ3) is 3.41. The fourth-order valence-corrected chi connectivity index (χ4v) is 1.71. The van der Waals surface area contributed by atoms with Crippen LogP contribution >= 0.6 is 0 Å². The molecule has 2 amide bonds. The van der Waals surface area contributed by atoms with Gasteiger partial charge in [-0.3, -0.25) is 30.1 Å². The van der Waals surface area contributed by atoms with Crippen molar-refractivity contribution in [3.05, 3.63) is 47.5 Å². The van der Waals surface area contributed by atoms with E-state index in [2.05, 4.69) is 20.9 Å². The molecular weight excluding hydrogens is 258 g/mol. The van der Waals surface area contributed by atoms with Crippen LogP contribution in [-0.2, 0) is 11.3 Å². The molecule has 0 atom stereocenters. The van der Waals surface area contributed by atoms with Gasteiger partial charge in [-0.15, -0.1) is 0 Å². The van der Waals surface area contributed by atoms with E-state index in [1.54, 1.807) is 23.0 Å². The first-order valence-electron chi connectivity index (χ1n) is 6.06. The molecule has 7 heteroatoms. The number of hydrazine groups is 1. The van der Waals surface area contributed by atoms with Crippen molar-refractivity contribution in [1.82, 2.24) is 25.6 Å². The Balaban J connectivity index is 1.87. The Bertz CT molecular complexity index is 621. The van der Waals surface area contributed by atoms with E-state index in [0.29, 0.717) is 5.56 Å². The van der Waals surface area contributed by atoms with Gasteiger partial charge in [0.15, 0.2) is 0 Å². The van der Waals surface area contributed by atoms with Gasteiger partial charge in [0.2, 0.25) is 0 Å². The van der Waals surface area contributed by atoms with E-state index in [-0.39, 0.29) is 12.5 Å². The maximum absolute atomic E-state index is 11.7. The van der Waals surface area contributed by atoms with Gasteiger partial charge < -0.3 is 0 Å². The van der Waals surface area contributed by atoms with Gasteiger partial charge in [-0.25, -0.2) is 0 Å². The molecular formula is C13H15N5O2. The molecule has 0 aromatic carbocycles. The van der Waals surface area contributed by atoms with Crippen LogP contribution in [0, 0.1) is 13.8 Å². The van der Waals surface area contributed by atoms with Gasteiger partial charge in [0.25, 0.3) is 11.8 Å². The normalized spacial score (nSPS) is 10.1. The van der Waals surface area contributed by atoms with Gasteiger partial charge in [0.05, 0.1) is 11.3 Å². The molecule has 0 aliphatic rings. The molecule has 0 fully saturated rings. The second kappa shape index (κ2) is 5.96. The molecule has 0 saturated carbocycles. The largest absolute Gasteiger partial charge is 0.271 e. The fourth-order valence-electron chi connectivity index (χ4n) is 1.71. The van der Waals surface area contributed by atoms with Crippen molar-refractivity contribution in [3.8, 4) is 0 Å². The zero-order chi connectivity index (χ0) is 14.5. The van der Waals surface area contributed by atoms with Crippen molar-refractivity contribution >= 4 is 11.8 Å². The lowest BCUT2D eigenvalue weighted by Gasteiger charge is -2.08. The number of aromatic nitrogens is 3. The van der Waals surface area contributed by atoms with E-state index in [1.165, 1.54) is 6.20 Å². The highest BCUT2D eigenvalue weighted by molar-refractivity contribution is 5.94. The molecule has 2 aromatic heterocycles. The summed E-state index contributed by atoms with van der Waals surface area (Å²) in [5, 5.41) is 4.17. The Labute approximate surface area is 116 Å². The standard InChI is InChI=1S/C13H15N5O2/c1-9-6-10(2)18(17-9)8-12(19)15-16-13(20)11-4-3-5-14-7-11/h3-7H,8H2,1-2H3,(H,15,19)(H,16,20). The minimum Gasteiger partial charge on any atom is -0.271 e. The number of rotatable bonds is 3. The van der Waals surface area contributed by atoms with Crippen LogP contribution in [0.2, 0.25) is 0 Å². The fraction of sp³-hybridized carbons (Fsp3) is 0.231. The highest BCUT2D eigenvalue weighted by Crippen LogP contribution is 2.00. The summed E-state index contributed by atoms with van der Waals surface area (Å²) in [7, 11) is 0. The number of carbonyl (C=O) groups is 2. The second-order valence-electron chi connectivity index (χ2n) is 4.33. The van der Waals surface area contributed by atoms with E-state index < -0.39 is 5.91 Å². The molecule has 0 radical (unpaired) electrons. The molecule has 2 aromatic rings. The summed E-state index contributed by atoms with van der Waals surface area (Å²) >= 11 is 0. The van der Waals surface area contributed by atoms with Gasteiger partial charge in [0, 0.05) is 18.1 Å². The minimum atomic E-state index is -0.417. The van der Waals surface area contributed by atoms with E-state index in [9.17, 15) is 9.59 Å². The molecule has 2 heterocycles. The molecule has 0 unspecified atom stereocenters. The number of aryl methyl sites for hydroxylation is 2. The van der Waals surface area contributed by atoms with Crippen molar-refractivity contribution in [3.63, 3.8) is 0 Å². The minimum absolute atomic E-state index is 0.0486. The average Bonchev–Trinajstić information content (AvgIpc) is 2.75. The third-order valence-corrected chi connectivity index (χ3v) is 2.64. The maximum Gasteiger partial charge on any atom is 0.271 e. The molecule has 0 aliphatic heterocycles. The molecule has 2 N–H and O–H groups in total. The molecule has 2 rings (SSSR count). The van der Waals surface area contributed by atoms with Crippen LogP contribution in [0.25, 0.3) is 0 Å². The van der Waals surface area contributed by atoms with Crippen LogP contribution in [0.15, 0.2) is 30.6 Å². The highest BCUT2D eigenvalue weighted by Gasteiger charge is 2.09. The van der Waals surface area contributed by atoms with E-state index in [4.69, 9.17) is 0 Å². The van der Waals surface area contributed by atoms with Crippen LogP contribution in [-0.4, -0.2) is 26.6 Å². The van der Waals surface area contributed by atoms with E-state index in [0.717, 1.165) is 11.4 Å². The lowest BCUT2D eigenvalue weighted by atomic mass is 10.3. The average molecular weight is 273 g/mol. The SMILES string of the molecule is Cc1cc(C)n(CC(=O)NNC(=O)c2cccnc2)n1. The number of amides is 2. The van der Waals surface area contributed by atoms with Crippen LogP contribution in [0.3, 0.4) is 0 Å². The van der Waals surface area contributed by atoms with Gasteiger partial charge in [0.1, 0.15) is 6.54 Å². The summed E-state index contributed by atoms with van der Waals surface area (Å²) in [6, 6.07) is 5.13. The van der Waals surface area contributed by atoms with Gasteiger partial charge >= 0.3 is 0 Å². The van der Waals surface area contributed by atoms with Crippen LogP contribution in [0.5, 0.6) is 0 Å². The van der Waals surface area contributed by atoms with Crippen LogP contribution < -0.4 is 10.9 Å². The first kappa shape index (κ1) is 13.7. The first-order valence-corrected chi connectivity index (χ1v) is 6.06. The Morgan fingerprint density at radius 3 is 2.70 bits per heavy atom. The summed E-state index contributed by atoms with van der Waals surface area (Å²) in [4.78, 5) is 27.2. The number of hydrogen-bond acceptors (Lipinski definition) is 4. The van der Waals surface area contributed by atoms with Crippen molar-refractivity contribution in [2.24, 2.45) is 0 Å². The maximum atomic E-state index is 11.7. The van der Waals surface area contributed by atoms with Gasteiger partial charge in [-0.1, -0.05) is 0 Å². The second-order valence-corrected chi connectivity index (χ2v) is 4.33. The third-order valence-electron chi connectivity index (χ3n) is 2.64. The van der Waals surface area contributed by atoms with Crippen molar-refractivity contribution in [2.75, 3.05) is 0 Å². The Kier molecular flexibility index (Phi) is 4.09. The molecule has 104 valence electrons. The number of hydrogen-bond donors (Lipinski definition) is 2. The predicted octanol–water partition coefficient (Wildman–Crippen LogP) is 0.356. The number of carbonyl (C=O) groups excluding carboxylic acids is 2. The first-order chi connectivity index (χ1) is 9.56. The molecule has 20 heavy (non-hydrogen) atoms. The number of nitrogens with zero attached hydrogens (tertiary/aromatic N) is 3. The molecule has 0 spiro atoms. The van der Waals surface area contributed by atoms with Gasteiger partial charge in [-0.05, 0) is 32.0 Å². The van der Waals surface area contributed by atoms with E-state index >= 15 is 0 Å². The van der Waals surface area contributed by atoms with Crippen molar-refractivity contribution in [1.29, 1.82) is 0 Å². The van der Waals surface area contributed by atoms with Gasteiger partial charge in [-0.2, -0.15) is 5.10 Å². The van der Waals surface area contributed by atoms with Crippen LogP contribution in [0.4, 0.5) is 0 Å².